The summed E-state index contributed by atoms with van der Waals surface area (Å²) in [6.07, 6.45) is 1.69. The number of furan rings is 1. The van der Waals surface area contributed by atoms with E-state index in [-0.39, 0.29) is 5.69 Å². The van der Waals surface area contributed by atoms with E-state index in [1.165, 1.54) is 6.07 Å². The summed E-state index contributed by atoms with van der Waals surface area (Å²) < 4.78 is 5.73. The van der Waals surface area contributed by atoms with Gasteiger partial charge in [0.15, 0.2) is 0 Å². The molecule has 1 aromatic carbocycles. The molecule has 100 valence electrons. The van der Waals surface area contributed by atoms with E-state index in [1.807, 2.05) is 19.1 Å². The van der Waals surface area contributed by atoms with E-state index < -0.39 is 4.92 Å². The second-order valence-corrected chi connectivity index (χ2v) is 4.41. The first-order chi connectivity index (χ1) is 9.11. The van der Waals surface area contributed by atoms with Crippen LogP contribution in [0.25, 0.3) is 11.3 Å². The first-order valence-corrected chi connectivity index (χ1v) is 6.16. The number of hydrogen-bond donors (Lipinski definition) is 1. The highest BCUT2D eigenvalue weighted by atomic mass is 16.6. The lowest BCUT2D eigenvalue weighted by atomic mass is 10.1. The molecule has 0 saturated heterocycles. The maximum absolute atomic E-state index is 10.7. The summed E-state index contributed by atoms with van der Waals surface area (Å²) in [5, 5.41) is 10.7. The molecule has 0 spiro atoms. The molecule has 0 amide bonds. The Labute approximate surface area is 111 Å². The fourth-order valence-corrected chi connectivity index (χ4v) is 1.97. The molecule has 0 unspecified atom stereocenters. The van der Waals surface area contributed by atoms with Gasteiger partial charge in [-0.25, -0.2) is 0 Å². The molecule has 0 bridgehead atoms. The van der Waals surface area contributed by atoms with Crippen LogP contribution in [0.5, 0.6) is 0 Å². The first kappa shape index (κ1) is 13.3. The molecular formula is C14H16N2O3. The third-order valence-electron chi connectivity index (χ3n) is 2.98. The molecule has 0 aliphatic heterocycles. The quantitative estimate of drug-likeness (QED) is 0.661. The van der Waals surface area contributed by atoms with Crippen molar-refractivity contribution in [2.75, 3.05) is 6.54 Å². The van der Waals surface area contributed by atoms with Gasteiger partial charge in [-0.1, -0.05) is 0 Å². The molecule has 19 heavy (non-hydrogen) atoms. The summed E-state index contributed by atoms with van der Waals surface area (Å²) in [7, 11) is 0. The van der Waals surface area contributed by atoms with E-state index in [0.717, 1.165) is 35.5 Å². The maximum Gasteiger partial charge on any atom is 0.269 e. The van der Waals surface area contributed by atoms with Crippen molar-refractivity contribution in [3.63, 3.8) is 0 Å². The molecule has 0 aliphatic rings. The minimum absolute atomic E-state index is 0.0937. The highest BCUT2D eigenvalue weighted by molar-refractivity contribution is 5.64. The average Bonchev–Trinajstić information content (AvgIpc) is 2.84. The number of aryl methyl sites for hydroxylation is 2. The maximum atomic E-state index is 10.7. The molecule has 0 saturated carbocycles. The first-order valence-electron chi connectivity index (χ1n) is 6.16. The molecule has 0 aliphatic carbocycles. The Bertz CT molecular complexity index is 590. The standard InChI is InChI=1S/C14H16N2O3/c1-10-9-11(16(17)18)4-6-13(10)14-7-5-12(19-14)3-2-8-15/h4-7,9H,2-3,8,15H2,1H3. The van der Waals surface area contributed by atoms with Crippen LogP contribution >= 0.6 is 0 Å². The minimum atomic E-state index is -0.397. The summed E-state index contributed by atoms with van der Waals surface area (Å²) in [5.74, 6) is 1.62. The van der Waals surface area contributed by atoms with Gasteiger partial charge in [0, 0.05) is 24.1 Å². The van der Waals surface area contributed by atoms with Crippen LogP contribution in [0.1, 0.15) is 17.7 Å². The van der Waals surface area contributed by atoms with Crippen molar-refractivity contribution in [2.45, 2.75) is 19.8 Å². The van der Waals surface area contributed by atoms with Gasteiger partial charge < -0.3 is 10.2 Å². The summed E-state index contributed by atoms with van der Waals surface area (Å²) >= 11 is 0. The zero-order valence-electron chi connectivity index (χ0n) is 10.8. The number of nitrogens with two attached hydrogens (primary N) is 1. The SMILES string of the molecule is Cc1cc([N+](=O)[O-])ccc1-c1ccc(CCCN)o1. The fourth-order valence-electron chi connectivity index (χ4n) is 1.97. The van der Waals surface area contributed by atoms with Crippen molar-refractivity contribution in [3.05, 3.63) is 51.8 Å². The van der Waals surface area contributed by atoms with Gasteiger partial charge in [0.25, 0.3) is 5.69 Å². The van der Waals surface area contributed by atoms with E-state index in [0.29, 0.717) is 6.54 Å². The van der Waals surface area contributed by atoms with Crippen LogP contribution < -0.4 is 5.73 Å². The smallest absolute Gasteiger partial charge is 0.269 e. The summed E-state index contributed by atoms with van der Waals surface area (Å²) in [6.45, 7) is 2.47. The van der Waals surface area contributed by atoms with Crippen LogP contribution in [0, 0.1) is 17.0 Å². The topological polar surface area (TPSA) is 82.3 Å². The largest absolute Gasteiger partial charge is 0.461 e. The van der Waals surface area contributed by atoms with Gasteiger partial charge in [-0.2, -0.15) is 0 Å². The number of benzene rings is 1. The third kappa shape index (κ3) is 3.00. The minimum Gasteiger partial charge on any atom is -0.461 e. The predicted molar refractivity (Wildman–Crippen MR) is 72.9 cm³/mol. The third-order valence-corrected chi connectivity index (χ3v) is 2.98. The van der Waals surface area contributed by atoms with Crippen molar-refractivity contribution >= 4 is 5.69 Å². The van der Waals surface area contributed by atoms with E-state index in [1.54, 1.807) is 12.1 Å². The van der Waals surface area contributed by atoms with E-state index in [2.05, 4.69) is 0 Å². The Kier molecular flexibility index (Phi) is 3.97. The number of nitro benzene ring substituents is 1. The molecule has 1 aromatic heterocycles. The van der Waals surface area contributed by atoms with Crippen LogP contribution in [0.2, 0.25) is 0 Å². The number of nitrogens with zero attached hydrogens (tertiary/aromatic N) is 1. The second-order valence-electron chi connectivity index (χ2n) is 4.41. The molecular weight excluding hydrogens is 244 g/mol. The van der Waals surface area contributed by atoms with Crippen molar-refractivity contribution in [3.8, 4) is 11.3 Å². The molecule has 2 rings (SSSR count). The number of non-ortho nitro benzene ring substituents is 1. The van der Waals surface area contributed by atoms with E-state index in [9.17, 15) is 10.1 Å². The molecule has 0 atom stereocenters. The Morgan fingerprint density at radius 3 is 2.74 bits per heavy atom. The Hall–Kier alpha value is -2.14. The van der Waals surface area contributed by atoms with Gasteiger partial charge in [-0.05, 0) is 43.7 Å². The van der Waals surface area contributed by atoms with Crippen LogP contribution in [-0.2, 0) is 6.42 Å². The number of nitro groups is 1. The van der Waals surface area contributed by atoms with Crippen molar-refractivity contribution < 1.29 is 9.34 Å². The molecule has 2 aromatic rings. The zero-order chi connectivity index (χ0) is 13.8. The molecule has 5 heteroatoms. The normalized spacial score (nSPS) is 10.6. The Morgan fingerprint density at radius 1 is 1.32 bits per heavy atom. The van der Waals surface area contributed by atoms with Gasteiger partial charge in [0.05, 0.1) is 4.92 Å². The van der Waals surface area contributed by atoms with E-state index >= 15 is 0 Å². The molecule has 2 N–H and O–H groups in total. The van der Waals surface area contributed by atoms with Crippen molar-refractivity contribution in [1.29, 1.82) is 0 Å². The predicted octanol–water partition coefficient (Wildman–Crippen LogP) is 3.05. The van der Waals surface area contributed by atoms with Crippen LogP contribution in [0.4, 0.5) is 5.69 Å². The Morgan fingerprint density at radius 2 is 2.11 bits per heavy atom. The molecule has 5 nitrogen and oxygen atoms in total. The van der Waals surface area contributed by atoms with Crippen LogP contribution in [0.15, 0.2) is 34.7 Å². The highest BCUT2D eigenvalue weighted by Crippen LogP contribution is 2.28. The zero-order valence-corrected chi connectivity index (χ0v) is 10.8. The Balaban J connectivity index is 2.26. The molecule has 0 fully saturated rings. The lowest BCUT2D eigenvalue weighted by Gasteiger charge is -2.02. The summed E-state index contributed by atoms with van der Waals surface area (Å²) in [6, 6.07) is 8.58. The lowest BCUT2D eigenvalue weighted by molar-refractivity contribution is -0.384. The second kappa shape index (κ2) is 5.67. The monoisotopic (exact) mass is 260 g/mol. The van der Waals surface area contributed by atoms with Gasteiger partial charge in [-0.3, -0.25) is 10.1 Å². The van der Waals surface area contributed by atoms with Gasteiger partial charge in [0.2, 0.25) is 0 Å². The fraction of sp³-hybridized carbons (Fsp3) is 0.286. The highest BCUT2D eigenvalue weighted by Gasteiger charge is 2.12. The van der Waals surface area contributed by atoms with Crippen molar-refractivity contribution in [2.24, 2.45) is 5.73 Å². The van der Waals surface area contributed by atoms with Gasteiger partial charge >= 0.3 is 0 Å². The number of hydrogen-bond acceptors (Lipinski definition) is 4. The molecule has 1 heterocycles. The number of rotatable bonds is 5. The summed E-state index contributed by atoms with van der Waals surface area (Å²) in [4.78, 5) is 10.3. The van der Waals surface area contributed by atoms with E-state index in [4.69, 9.17) is 10.2 Å². The van der Waals surface area contributed by atoms with Crippen LogP contribution in [-0.4, -0.2) is 11.5 Å². The average molecular weight is 260 g/mol. The van der Waals surface area contributed by atoms with Gasteiger partial charge in [0.1, 0.15) is 11.5 Å². The van der Waals surface area contributed by atoms with Crippen LogP contribution in [0.3, 0.4) is 0 Å². The van der Waals surface area contributed by atoms with Gasteiger partial charge in [-0.15, -0.1) is 0 Å². The van der Waals surface area contributed by atoms with Crippen molar-refractivity contribution in [1.82, 2.24) is 0 Å². The lowest BCUT2D eigenvalue weighted by Crippen LogP contribution is -1.99. The summed E-state index contributed by atoms with van der Waals surface area (Å²) in [5.41, 5.74) is 7.26. The molecule has 0 radical (unpaired) electrons.